The van der Waals surface area contributed by atoms with E-state index in [1.165, 1.54) is 11.3 Å². The number of carbonyl (C=O) groups is 1. The van der Waals surface area contributed by atoms with E-state index in [0.29, 0.717) is 37.6 Å². The van der Waals surface area contributed by atoms with E-state index < -0.39 is 22.4 Å². The molecule has 1 N–H and O–H groups in total. The van der Waals surface area contributed by atoms with Gasteiger partial charge in [-0.2, -0.15) is 24.5 Å². The number of nitro benzene ring substituents is 1. The lowest BCUT2D eigenvalue weighted by Crippen LogP contribution is -2.44. The lowest BCUT2D eigenvalue weighted by Gasteiger charge is -2.33. The van der Waals surface area contributed by atoms with Crippen LogP contribution in [0, 0.1) is 10.1 Å². The fourth-order valence-electron chi connectivity index (χ4n) is 3.04. The number of amides is 1. The van der Waals surface area contributed by atoms with Crippen molar-refractivity contribution in [3.8, 4) is 0 Å². The van der Waals surface area contributed by atoms with Crippen LogP contribution in [0.1, 0.15) is 28.8 Å². The number of nitrogens with one attached hydrogen (secondary N) is 1. The molecule has 6 nitrogen and oxygen atoms in total. The summed E-state index contributed by atoms with van der Waals surface area (Å²) in [7, 11) is 0. The van der Waals surface area contributed by atoms with E-state index >= 15 is 0 Å². The highest BCUT2D eigenvalue weighted by Crippen LogP contribution is 2.37. The minimum Gasteiger partial charge on any atom is -0.366 e. The molecule has 1 amide bonds. The predicted octanol–water partition coefficient (Wildman–Crippen LogP) is 4.07. The Bertz CT molecular complexity index is 832. The van der Waals surface area contributed by atoms with Gasteiger partial charge in [0, 0.05) is 36.1 Å². The van der Waals surface area contributed by atoms with Crippen molar-refractivity contribution in [2.75, 3.05) is 18.0 Å². The Balaban J connectivity index is 1.68. The highest BCUT2D eigenvalue weighted by Gasteiger charge is 2.34. The van der Waals surface area contributed by atoms with Gasteiger partial charge >= 0.3 is 6.18 Å². The molecule has 0 bridgehead atoms. The fourth-order valence-corrected chi connectivity index (χ4v) is 3.68. The van der Waals surface area contributed by atoms with Crippen LogP contribution in [0.15, 0.2) is 35.0 Å². The molecule has 0 radical (unpaired) electrons. The quantitative estimate of drug-likeness (QED) is 0.621. The van der Waals surface area contributed by atoms with Crippen molar-refractivity contribution < 1.29 is 22.9 Å². The molecule has 0 atom stereocenters. The maximum Gasteiger partial charge on any atom is 0.416 e. The van der Waals surface area contributed by atoms with Crippen LogP contribution in [0.5, 0.6) is 0 Å². The number of rotatable bonds is 4. The van der Waals surface area contributed by atoms with Crippen molar-refractivity contribution in [2.24, 2.45) is 0 Å². The highest BCUT2D eigenvalue weighted by atomic mass is 32.1. The summed E-state index contributed by atoms with van der Waals surface area (Å²) in [5.74, 6) is -0.171. The summed E-state index contributed by atoms with van der Waals surface area (Å²) in [5, 5.41) is 17.7. The second-order valence-electron chi connectivity index (χ2n) is 6.21. The summed E-state index contributed by atoms with van der Waals surface area (Å²) >= 11 is 1.42. The number of thiophene rings is 1. The second kappa shape index (κ2) is 7.55. The molecule has 1 aromatic carbocycles. The molecule has 2 aromatic rings. The second-order valence-corrected chi connectivity index (χ2v) is 6.99. The first-order valence-electron chi connectivity index (χ1n) is 8.19. The molecule has 10 heteroatoms. The number of piperidine rings is 1. The number of hydrogen-bond acceptors (Lipinski definition) is 5. The molecule has 3 rings (SSSR count). The van der Waals surface area contributed by atoms with Gasteiger partial charge in [0.2, 0.25) is 0 Å². The van der Waals surface area contributed by atoms with Crippen molar-refractivity contribution in [1.82, 2.24) is 5.32 Å². The van der Waals surface area contributed by atoms with Crippen LogP contribution in [0.25, 0.3) is 0 Å². The summed E-state index contributed by atoms with van der Waals surface area (Å²) in [6.45, 7) is 0.807. The summed E-state index contributed by atoms with van der Waals surface area (Å²) in [6.07, 6.45) is -3.54. The van der Waals surface area contributed by atoms with Crippen molar-refractivity contribution in [1.29, 1.82) is 0 Å². The van der Waals surface area contributed by atoms with Gasteiger partial charge in [0.1, 0.15) is 5.69 Å². The van der Waals surface area contributed by atoms with Crippen molar-refractivity contribution in [3.05, 3.63) is 56.3 Å². The molecule has 1 aromatic heterocycles. The standard InChI is InChI=1S/C17H16F3N3O3S/c18-17(19,20)12-1-2-14(15(9-12)23(25)26)22-6-3-13(4-7-22)21-16(24)11-5-8-27-10-11/h1-2,5,8-10,13H,3-4,6-7H2,(H,21,24). The molecule has 144 valence electrons. The number of nitro groups is 1. The number of benzene rings is 1. The number of halogens is 3. The number of carbonyl (C=O) groups excluding carboxylic acids is 1. The number of nitrogens with zero attached hydrogens (tertiary/aromatic N) is 2. The summed E-state index contributed by atoms with van der Waals surface area (Å²) < 4.78 is 38.5. The van der Waals surface area contributed by atoms with Gasteiger partial charge in [-0.05, 0) is 36.4 Å². The molecular formula is C17H16F3N3O3S. The third-order valence-electron chi connectivity index (χ3n) is 4.45. The van der Waals surface area contributed by atoms with Gasteiger partial charge in [-0.3, -0.25) is 14.9 Å². The van der Waals surface area contributed by atoms with Crippen LogP contribution < -0.4 is 10.2 Å². The zero-order chi connectivity index (χ0) is 19.6. The van der Waals surface area contributed by atoms with Crippen molar-refractivity contribution >= 4 is 28.6 Å². The first-order chi connectivity index (χ1) is 12.8. The molecule has 1 aliphatic rings. The monoisotopic (exact) mass is 399 g/mol. The van der Waals surface area contributed by atoms with E-state index in [1.807, 2.05) is 0 Å². The zero-order valence-corrected chi connectivity index (χ0v) is 14.8. The molecule has 0 aliphatic carbocycles. The van der Waals surface area contributed by atoms with Crippen molar-refractivity contribution in [3.63, 3.8) is 0 Å². The van der Waals surface area contributed by atoms with Crippen LogP contribution >= 0.6 is 11.3 Å². The molecule has 1 aliphatic heterocycles. The first-order valence-corrected chi connectivity index (χ1v) is 9.13. The number of alkyl halides is 3. The van der Waals surface area contributed by atoms with Crippen LogP contribution in [-0.4, -0.2) is 30.0 Å². The summed E-state index contributed by atoms with van der Waals surface area (Å²) in [5.41, 5.74) is -0.863. The van der Waals surface area contributed by atoms with Crippen LogP contribution in [0.3, 0.4) is 0 Å². The fraction of sp³-hybridized carbons (Fsp3) is 0.353. The topological polar surface area (TPSA) is 75.5 Å². The molecule has 1 saturated heterocycles. The smallest absolute Gasteiger partial charge is 0.366 e. The average molecular weight is 399 g/mol. The molecule has 1 fully saturated rings. The van der Waals surface area contributed by atoms with E-state index in [9.17, 15) is 28.1 Å². The lowest BCUT2D eigenvalue weighted by molar-refractivity contribution is -0.384. The van der Waals surface area contributed by atoms with E-state index in [-0.39, 0.29) is 17.6 Å². The Hall–Kier alpha value is -2.62. The van der Waals surface area contributed by atoms with E-state index in [1.54, 1.807) is 21.7 Å². The molecule has 2 heterocycles. The van der Waals surface area contributed by atoms with Crippen molar-refractivity contribution in [2.45, 2.75) is 25.1 Å². The zero-order valence-electron chi connectivity index (χ0n) is 14.0. The third-order valence-corrected chi connectivity index (χ3v) is 5.14. The Labute approximate surface area is 156 Å². The van der Waals surface area contributed by atoms with Gasteiger partial charge in [-0.1, -0.05) is 0 Å². The molecule has 27 heavy (non-hydrogen) atoms. The Morgan fingerprint density at radius 1 is 1.26 bits per heavy atom. The van der Waals surface area contributed by atoms with Crippen LogP contribution in [-0.2, 0) is 6.18 Å². The van der Waals surface area contributed by atoms with Gasteiger partial charge in [0.15, 0.2) is 0 Å². The number of anilines is 1. The highest BCUT2D eigenvalue weighted by molar-refractivity contribution is 7.08. The Morgan fingerprint density at radius 2 is 1.96 bits per heavy atom. The summed E-state index contributed by atoms with van der Waals surface area (Å²) in [6, 6.07) is 4.21. The first kappa shape index (κ1) is 19.2. The lowest BCUT2D eigenvalue weighted by atomic mass is 10.0. The van der Waals surface area contributed by atoms with Gasteiger partial charge < -0.3 is 10.2 Å². The molecular weight excluding hydrogens is 383 g/mol. The van der Waals surface area contributed by atoms with Crippen LogP contribution in [0.4, 0.5) is 24.5 Å². The normalized spacial score (nSPS) is 15.6. The third kappa shape index (κ3) is 4.38. The van der Waals surface area contributed by atoms with E-state index in [2.05, 4.69) is 5.32 Å². The predicted molar refractivity (Wildman–Crippen MR) is 95.1 cm³/mol. The largest absolute Gasteiger partial charge is 0.416 e. The maximum atomic E-state index is 12.8. The van der Waals surface area contributed by atoms with Gasteiger partial charge in [0.25, 0.3) is 11.6 Å². The number of hydrogen-bond donors (Lipinski definition) is 1. The minimum atomic E-state index is -4.64. The Morgan fingerprint density at radius 3 is 2.52 bits per heavy atom. The van der Waals surface area contributed by atoms with Gasteiger partial charge in [-0.15, -0.1) is 0 Å². The maximum absolute atomic E-state index is 12.8. The molecule has 0 unspecified atom stereocenters. The SMILES string of the molecule is O=C(NC1CCN(c2ccc(C(F)(F)F)cc2[N+](=O)[O-])CC1)c1ccsc1. The Kier molecular flexibility index (Phi) is 5.36. The van der Waals surface area contributed by atoms with Gasteiger partial charge in [-0.25, -0.2) is 0 Å². The minimum absolute atomic E-state index is 0.0813. The van der Waals surface area contributed by atoms with E-state index in [0.717, 1.165) is 12.1 Å². The summed E-state index contributed by atoms with van der Waals surface area (Å²) in [4.78, 5) is 24.2. The van der Waals surface area contributed by atoms with Crippen LogP contribution in [0.2, 0.25) is 0 Å². The van der Waals surface area contributed by atoms with E-state index in [4.69, 9.17) is 0 Å². The van der Waals surface area contributed by atoms with Gasteiger partial charge in [0.05, 0.1) is 10.5 Å². The average Bonchev–Trinajstić information content (AvgIpc) is 3.16. The molecule has 0 saturated carbocycles. The molecule has 0 spiro atoms.